The monoisotopic (exact) mass is 179 g/mol. The standard InChI is InChI=1S/C10H12OP/c1-7-4-5-8(2)10(6-12-11)9(7)3/h4-6H,1-3H3/q+1. The van der Waals surface area contributed by atoms with Crippen molar-refractivity contribution in [3.63, 3.8) is 0 Å². The first-order valence-electron chi connectivity index (χ1n) is 3.89. The fourth-order valence-electron chi connectivity index (χ4n) is 1.22. The molecule has 0 aliphatic carbocycles. The van der Waals surface area contributed by atoms with Gasteiger partial charge in [0.05, 0.1) is 0 Å². The van der Waals surface area contributed by atoms with E-state index in [0.29, 0.717) is 0 Å². The Labute approximate surface area is 74.3 Å². The molecule has 1 aromatic carbocycles. The molecule has 0 unspecified atom stereocenters. The SMILES string of the molecule is Cc1ccc(C)c(C=[P+]=O)c1C. The summed E-state index contributed by atoms with van der Waals surface area (Å²) in [6, 6.07) is 4.14. The number of hydrogen-bond acceptors (Lipinski definition) is 1. The van der Waals surface area contributed by atoms with Crippen LogP contribution in [0.5, 0.6) is 0 Å². The van der Waals surface area contributed by atoms with Crippen LogP contribution in [-0.2, 0) is 4.57 Å². The Kier molecular flexibility index (Phi) is 2.99. The first-order valence-corrected chi connectivity index (χ1v) is 4.77. The quantitative estimate of drug-likeness (QED) is 0.605. The number of rotatable bonds is 1. The van der Waals surface area contributed by atoms with Crippen molar-refractivity contribution in [2.75, 3.05) is 0 Å². The van der Waals surface area contributed by atoms with E-state index in [9.17, 15) is 4.57 Å². The van der Waals surface area contributed by atoms with E-state index in [0.717, 1.165) is 5.56 Å². The summed E-state index contributed by atoms with van der Waals surface area (Å²) in [7, 11) is 0.0831. The Morgan fingerprint density at radius 2 is 1.75 bits per heavy atom. The van der Waals surface area contributed by atoms with Gasteiger partial charge in [-0.2, -0.15) is 0 Å². The molecule has 0 aliphatic rings. The molecule has 0 amide bonds. The third-order valence-electron chi connectivity index (χ3n) is 2.19. The maximum absolute atomic E-state index is 10.4. The first kappa shape index (κ1) is 9.41. The molecule has 1 aromatic rings. The molecule has 62 valence electrons. The molecule has 0 radical (unpaired) electrons. The van der Waals surface area contributed by atoms with E-state index in [1.165, 1.54) is 16.7 Å². The summed E-state index contributed by atoms with van der Waals surface area (Å²) in [5.74, 6) is 1.72. The van der Waals surface area contributed by atoms with Gasteiger partial charge in [-0.1, -0.05) is 0 Å². The predicted octanol–water partition coefficient (Wildman–Crippen LogP) is 3.05. The van der Waals surface area contributed by atoms with E-state index in [2.05, 4.69) is 26.0 Å². The summed E-state index contributed by atoms with van der Waals surface area (Å²) < 4.78 is 10.4. The van der Waals surface area contributed by atoms with Crippen LogP contribution in [0.1, 0.15) is 22.3 Å². The van der Waals surface area contributed by atoms with Crippen LogP contribution in [0.2, 0.25) is 0 Å². The van der Waals surface area contributed by atoms with E-state index < -0.39 is 0 Å². The van der Waals surface area contributed by atoms with E-state index in [1.54, 1.807) is 5.80 Å². The van der Waals surface area contributed by atoms with Crippen molar-refractivity contribution < 1.29 is 4.57 Å². The third-order valence-corrected chi connectivity index (χ3v) is 2.55. The van der Waals surface area contributed by atoms with E-state index in [4.69, 9.17) is 0 Å². The molecular weight excluding hydrogens is 167 g/mol. The zero-order valence-electron chi connectivity index (χ0n) is 7.59. The van der Waals surface area contributed by atoms with Gasteiger partial charge in [0.2, 0.25) is 0 Å². The number of benzene rings is 1. The van der Waals surface area contributed by atoms with Gasteiger partial charge in [-0.05, 0) is 0 Å². The van der Waals surface area contributed by atoms with E-state index in [-0.39, 0.29) is 8.08 Å². The number of aryl methyl sites for hydroxylation is 2. The molecule has 1 rings (SSSR count). The van der Waals surface area contributed by atoms with Crippen LogP contribution in [0.15, 0.2) is 12.1 Å². The van der Waals surface area contributed by atoms with Gasteiger partial charge in [0, 0.05) is 0 Å². The molecule has 0 fully saturated rings. The molecule has 0 saturated carbocycles. The Hall–Kier alpha value is -0.680. The van der Waals surface area contributed by atoms with Gasteiger partial charge in [-0.15, -0.1) is 0 Å². The topological polar surface area (TPSA) is 17.1 Å². The Morgan fingerprint density at radius 3 is 2.33 bits per heavy atom. The predicted molar refractivity (Wildman–Crippen MR) is 53.4 cm³/mol. The van der Waals surface area contributed by atoms with Crippen LogP contribution < -0.4 is 0 Å². The molecular formula is C10H12OP+. The average Bonchev–Trinajstić information content (AvgIpc) is 2.06. The fraction of sp³-hybridized carbons (Fsp3) is 0.300. The normalized spacial score (nSPS) is 9.58. The first-order chi connectivity index (χ1) is 5.66. The molecule has 0 aromatic heterocycles. The van der Waals surface area contributed by atoms with Crippen molar-refractivity contribution in [3.05, 3.63) is 34.4 Å². The molecule has 2 heteroatoms. The summed E-state index contributed by atoms with van der Waals surface area (Å²) in [5, 5.41) is 0. The van der Waals surface area contributed by atoms with Crippen molar-refractivity contribution in [2.45, 2.75) is 20.8 Å². The van der Waals surface area contributed by atoms with Crippen LogP contribution in [0, 0.1) is 20.8 Å². The Bertz CT molecular complexity index is 349. The third kappa shape index (κ3) is 1.73. The van der Waals surface area contributed by atoms with Gasteiger partial charge in [0.1, 0.15) is 0 Å². The van der Waals surface area contributed by atoms with Crippen LogP contribution in [0.3, 0.4) is 0 Å². The summed E-state index contributed by atoms with van der Waals surface area (Å²) in [6.07, 6.45) is 0. The molecule has 0 bridgehead atoms. The van der Waals surface area contributed by atoms with Crippen LogP contribution in [-0.4, -0.2) is 5.80 Å². The Morgan fingerprint density at radius 1 is 1.17 bits per heavy atom. The second-order valence-electron chi connectivity index (χ2n) is 2.97. The van der Waals surface area contributed by atoms with Gasteiger partial charge in [0.15, 0.2) is 0 Å². The molecule has 0 N–H and O–H groups in total. The summed E-state index contributed by atoms with van der Waals surface area (Å²) >= 11 is 0. The summed E-state index contributed by atoms with van der Waals surface area (Å²) in [6.45, 7) is 6.15. The van der Waals surface area contributed by atoms with Gasteiger partial charge < -0.3 is 0 Å². The average molecular weight is 179 g/mol. The van der Waals surface area contributed by atoms with Gasteiger partial charge in [-0.25, -0.2) is 0 Å². The zero-order valence-corrected chi connectivity index (χ0v) is 8.48. The van der Waals surface area contributed by atoms with Crippen LogP contribution in [0.4, 0.5) is 0 Å². The van der Waals surface area contributed by atoms with E-state index >= 15 is 0 Å². The van der Waals surface area contributed by atoms with Crippen molar-refractivity contribution >= 4 is 13.9 Å². The van der Waals surface area contributed by atoms with Gasteiger partial charge in [-0.3, -0.25) is 0 Å². The molecule has 0 aliphatic heterocycles. The minimum atomic E-state index is 0.0831. The van der Waals surface area contributed by atoms with E-state index in [1.807, 2.05) is 6.92 Å². The molecule has 12 heavy (non-hydrogen) atoms. The zero-order chi connectivity index (χ0) is 9.14. The maximum atomic E-state index is 10.4. The second kappa shape index (κ2) is 3.82. The van der Waals surface area contributed by atoms with Crippen molar-refractivity contribution in [1.82, 2.24) is 0 Å². The van der Waals surface area contributed by atoms with Crippen LogP contribution >= 0.6 is 8.08 Å². The minimum absolute atomic E-state index is 0.0831. The second-order valence-corrected chi connectivity index (χ2v) is 3.44. The molecule has 1 nitrogen and oxygen atoms in total. The Balaban J connectivity index is 3.42. The van der Waals surface area contributed by atoms with Gasteiger partial charge >= 0.3 is 73.6 Å². The molecule has 0 saturated heterocycles. The van der Waals surface area contributed by atoms with Crippen molar-refractivity contribution in [1.29, 1.82) is 0 Å². The molecule has 0 spiro atoms. The fourth-order valence-corrected chi connectivity index (χ4v) is 1.73. The van der Waals surface area contributed by atoms with Gasteiger partial charge in [0.25, 0.3) is 0 Å². The molecule has 0 atom stereocenters. The van der Waals surface area contributed by atoms with Crippen molar-refractivity contribution in [3.8, 4) is 0 Å². The molecule has 0 heterocycles. The van der Waals surface area contributed by atoms with Crippen LogP contribution in [0.25, 0.3) is 0 Å². The summed E-state index contributed by atoms with van der Waals surface area (Å²) in [5.41, 5.74) is 4.75. The summed E-state index contributed by atoms with van der Waals surface area (Å²) in [4.78, 5) is 0. The van der Waals surface area contributed by atoms with Crippen molar-refractivity contribution in [2.24, 2.45) is 0 Å². The number of hydrogen-bond donors (Lipinski definition) is 0.